The summed E-state index contributed by atoms with van der Waals surface area (Å²) in [5.41, 5.74) is 1.39. The van der Waals surface area contributed by atoms with E-state index < -0.39 is 0 Å². The van der Waals surface area contributed by atoms with Crippen LogP contribution in [0.25, 0.3) is 0 Å². The van der Waals surface area contributed by atoms with Crippen LogP contribution in [0.2, 0.25) is 0 Å². The number of likely N-dealkylation sites (tertiary alicyclic amines) is 1. The fourth-order valence-corrected chi connectivity index (χ4v) is 4.29. The minimum Gasteiger partial charge on any atom is -0.342 e. The molecule has 2 saturated heterocycles. The SMILES string of the molecule is O=C(CN1CCS[C@@H](c2ccccc2)C1)N1CCCC1. The van der Waals surface area contributed by atoms with Crippen LogP contribution < -0.4 is 0 Å². The molecule has 2 fully saturated rings. The summed E-state index contributed by atoms with van der Waals surface area (Å²) in [4.78, 5) is 16.6. The van der Waals surface area contributed by atoms with Gasteiger partial charge in [-0.1, -0.05) is 30.3 Å². The number of thioether (sulfide) groups is 1. The van der Waals surface area contributed by atoms with Crippen molar-refractivity contribution in [1.82, 2.24) is 9.80 Å². The Morgan fingerprint density at radius 3 is 2.65 bits per heavy atom. The molecule has 0 saturated carbocycles. The first kappa shape index (κ1) is 14.0. The highest BCUT2D eigenvalue weighted by atomic mass is 32.2. The van der Waals surface area contributed by atoms with Crippen molar-refractivity contribution in [1.29, 1.82) is 0 Å². The Morgan fingerprint density at radius 2 is 1.90 bits per heavy atom. The maximum atomic E-state index is 12.2. The zero-order chi connectivity index (χ0) is 13.8. The molecule has 0 N–H and O–H groups in total. The number of amides is 1. The van der Waals surface area contributed by atoms with Gasteiger partial charge in [-0.15, -0.1) is 0 Å². The van der Waals surface area contributed by atoms with Gasteiger partial charge in [0.2, 0.25) is 5.91 Å². The third-order valence-electron chi connectivity index (χ3n) is 4.14. The summed E-state index contributed by atoms with van der Waals surface area (Å²) in [5, 5.41) is 0.510. The minimum absolute atomic E-state index is 0.321. The van der Waals surface area contributed by atoms with Crippen molar-refractivity contribution in [3.05, 3.63) is 35.9 Å². The molecule has 2 aliphatic heterocycles. The van der Waals surface area contributed by atoms with Gasteiger partial charge >= 0.3 is 0 Å². The highest BCUT2D eigenvalue weighted by Crippen LogP contribution is 2.32. The van der Waals surface area contributed by atoms with Crippen molar-refractivity contribution in [2.24, 2.45) is 0 Å². The van der Waals surface area contributed by atoms with Crippen LogP contribution in [-0.4, -0.2) is 54.2 Å². The molecule has 0 radical (unpaired) electrons. The van der Waals surface area contributed by atoms with Gasteiger partial charge in [-0.3, -0.25) is 9.69 Å². The molecule has 4 heteroatoms. The Labute approximate surface area is 125 Å². The molecule has 1 aromatic rings. The number of hydrogen-bond donors (Lipinski definition) is 0. The zero-order valence-corrected chi connectivity index (χ0v) is 12.6. The molecule has 2 aliphatic rings. The van der Waals surface area contributed by atoms with Crippen LogP contribution in [-0.2, 0) is 4.79 Å². The van der Waals surface area contributed by atoms with Crippen LogP contribution in [0.1, 0.15) is 23.7 Å². The van der Waals surface area contributed by atoms with Gasteiger partial charge in [-0.05, 0) is 18.4 Å². The third kappa shape index (κ3) is 3.36. The Bertz CT molecular complexity index is 445. The van der Waals surface area contributed by atoms with Gasteiger partial charge in [-0.25, -0.2) is 0 Å². The van der Waals surface area contributed by atoms with E-state index in [1.165, 1.54) is 18.4 Å². The standard InChI is InChI=1S/C16H22N2OS/c19-16(18-8-4-5-9-18)13-17-10-11-20-15(12-17)14-6-2-1-3-7-14/h1-3,6-7,15H,4-5,8-13H2/t15-/m1/s1. The lowest BCUT2D eigenvalue weighted by Crippen LogP contribution is -2.43. The molecule has 0 spiro atoms. The molecule has 2 heterocycles. The van der Waals surface area contributed by atoms with Crippen molar-refractivity contribution in [3.8, 4) is 0 Å². The molecule has 3 rings (SSSR count). The van der Waals surface area contributed by atoms with E-state index >= 15 is 0 Å². The molecule has 0 bridgehead atoms. The molecule has 20 heavy (non-hydrogen) atoms. The first-order chi connectivity index (χ1) is 9.83. The number of rotatable bonds is 3. The zero-order valence-electron chi connectivity index (χ0n) is 11.8. The number of benzene rings is 1. The monoisotopic (exact) mass is 290 g/mol. The van der Waals surface area contributed by atoms with E-state index in [2.05, 4.69) is 35.2 Å². The van der Waals surface area contributed by atoms with Crippen LogP contribution in [0.4, 0.5) is 0 Å². The summed E-state index contributed by atoms with van der Waals surface area (Å²) in [5.74, 6) is 1.44. The molecule has 0 aliphatic carbocycles. The van der Waals surface area contributed by atoms with Gasteiger partial charge in [0.1, 0.15) is 0 Å². The summed E-state index contributed by atoms with van der Waals surface area (Å²) in [6.07, 6.45) is 2.35. The maximum absolute atomic E-state index is 12.2. The summed E-state index contributed by atoms with van der Waals surface area (Å²) in [7, 11) is 0. The Balaban J connectivity index is 1.56. The van der Waals surface area contributed by atoms with E-state index in [-0.39, 0.29) is 0 Å². The molecule has 3 nitrogen and oxygen atoms in total. The predicted octanol–water partition coefficient (Wildman–Crippen LogP) is 2.40. The van der Waals surface area contributed by atoms with Crippen LogP contribution in [0.5, 0.6) is 0 Å². The van der Waals surface area contributed by atoms with Gasteiger partial charge in [0.25, 0.3) is 0 Å². The van der Waals surface area contributed by atoms with E-state index in [1.807, 2.05) is 16.7 Å². The number of carbonyl (C=O) groups excluding carboxylic acids is 1. The molecule has 1 amide bonds. The first-order valence-corrected chi connectivity index (χ1v) is 8.54. The van der Waals surface area contributed by atoms with Gasteiger partial charge in [-0.2, -0.15) is 11.8 Å². The average molecular weight is 290 g/mol. The van der Waals surface area contributed by atoms with E-state index in [9.17, 15) is 4.79 Å². The lowest BCUT2D eigenvalue weighted by atomic mass is 10.1. The normalized spacial score (nSPS) is 24.0. The fraction of sp³-hybridized carbons (Fsp3) is 0.562. The van der Waals surface area contributed by atoms with Gasteiger partial charge in [0.05, 0.1) is 6.54 Å². The molecular weight excluding hydrogens is 268 g/mol. The van der Waals surface area contributed by atoms with Crippen molar-refractivity contribution in [2.45, 2.75) is 18.1 Å². The van der Waals surface area contributed by atoms with Crippen LogP contribution in [0.3, 0.4) is 0 Å². The van der Waals surface area contributed by atoms with Crippen molar-refractivity contribution < 1.29 is 4.79 Å². The smallest absolute Gasteiger partial charge is 0.236 e. The second-order valence-corrected chi connectivity index (χ2v) is 6.90. The summed E-state index contributed by atoms with van der Waals surface area (Å²) in [6, 6.07) is 10.7. The molecule has 1 atom stereocenters. The average Bonchev–Trinajstić information content (AvgIpc) is 3.03. The van der Waals surface area contributed by atoms with Crippen LogP contribution >= 0.6 is 11.8 Å². The molecule has 0 aromatic heterocycles. The first-order valence-electron chi connectivity index (χ1n) is 7.49. The van der Waals surface area contributed by atoms with E-state index in [1.54, 1.807) is 0 Å². The molecule has 1 aromatic carbocycles. The van der Waals surface area contributed by atoms with Gasteiger partial charge in [0, 0.05) is 37.2 Å². The summed E-state index contributed by atoms with van der Waals surface area (Å²) in [6.45, 7) is 4.55. The lowest BCUT2D eigenvalue weighted by Gasteiger charge is -2.33. The van der Waals surface area contributed by atoms with Crippen molar-refractivity contribution >= 4 is 17.7 Å². The van der Waals surface area contributed by atoms with Crippen molar-refractivity contribution in [3.63, 3.8) is 0 Å². The lowest BCUT2D eigenvalue weighted by molar-refractivity contribution is -0.131. The Kier molecular flexibility index (Phi) is 4.63. The van der Waals surface area contributed by atoms with E-state index in [4.69, 9.17) is 0 Å². The fourth-order valence-electron chi connectivity index (χ4n) is 2.97. The quantitative estimate of drug-likeness (QED) is 0.854. The van der Waals surface area contributed by atoms with Crippen LogP contribution in [0, 0.1) is 0 Å². The number of carbonyl (C=O) groups is 1. The maximum Gasteiger partial charge on any atom is 0.236 e. The number of nitrogens with zero attached hydrogens (tertiary/aromatic N) is 2. The van der Waals surface area contributed by atoms with Gasteiger partial charge in [0.15, 0.2) is 0 Å². The highest BCUT2D eigenvalue weighted by Gasteiger charge is 2.25. The number of hydrogen-bond acceptors (Lipinski definition) is 3. The van der Waals surface area contributed by atoms with E-state index in [0.29, 0.717) is 17.7 Å². The Morgan fingerprint density at radius 1 is 1.15 bits per heavy atom. The predicted molar refractivity (Wildman–Crippen MR) is 83.9 cm³/mol. The molecule has 108 valence electrons. The third-order valence-corrected chi connectivity index (χ3v) is 5.38. The molecular formula is C16H22N2OS. The topological polar surface area (TPSA) is 23.6 Å². The van der Waals surface area contributed by atoms with Crippen molar-refractivity contribution in [2.75, 3.05) is 38.5 Å². The summed E-state index contributed by atoms with van der Waals surface area (Å²) >= 11 is 2.01. The van der Waals surface area contributed by atoms with Gasteiger partial charge < -0.3 is 4.90 Å². The second-order valence-electron chi connectivity index (χ2n) is 5.59. The second kappa shape index (κ2) is 6.64. The van der Waals surface area contributed by atoms with Crippen LogP contribution in [0.15, 0.2) is 30.3 Å². The highest BCUT2D eigenvalue weighted by molar-refractivity contribution is 7.99. The largest absolute Gasteiger partial charge is 0.342 e. The molecule has 0 unspecified atom stereocenters. The van der Waals surface area contributed by atoms with E-state index in [0.717, 1.165) is 31.9 Å². The minimum atomic E-state index is 0.321. The summed E-state index contributed by atoms with van der Waals surface area (Å²) < 4.78 is 0. The Hall–Kier alpha value is -1.00.